The summed E-state index contributed by atoms with van der Waals surface area (Å²) in [7, 11) is 1.72. The van der Waals surface area contributed by atoms with Crippen molar-refractivity contribution in [1.82, 2.24) is 15.1 Å². The number of rotatable bonds is 5. The van der Waals surface area contributed by atoms with Gasteiger partial charge in [-0.05, 0) is 18.9 Å². The van der Waals surface area contributed by atoms with E-state index in [2.05, 4.69) is 29.6 Å². The van der Waals surface area contributed by atoms with Crippen LogP contribution in [-0.2, 0) is 22.1 Å². The molecule has 0 radical (unpaired) electrons. The van der Waals surface area contributed by atoms with Gasteiger partial charge in [0.1, 0.15) is 5.82 Å². The molecule has 1 aromatic carbocycles. The first-order valence-corrected chi connectivity index (χ1v) is 8.43. The van der Waals surface area contributed by atoms with Crippen molar-refractivity contribution < 1.29 is 9.59 Å². The van der Waals surface area contributed by atoms with E-state index in [-0.39, 0.29) is 11.5 Å². The second-order valence-corrected chi connectivity index (χ2v) is 6.77. The maximum atomic E-state index is 12.4. The van der Waals surface area contributed by atoms with E-state index in [0.717, 1.165) is 11.3 Å². The number of anilines is 1. The third kappa shape index (κ3) is 4.26. The fourth-order valence-corrected chi connectivity index (χ4v) is 2.99. The summed E-state index contributed by atoms with van der Waals surface area (Å²) in [6.07, 6.45) is 0.714. The van der Waals surface area contributed by atoms with Crippen LogP contribution < -0.4 is 10.6 Å². The minimum atomic E-state index is -0.690. The van der Waals surface area contributed by atoms with Gasteiger partial charge in [-0.25, -0.2) is 0 Å². The Bertz CT molecular complexity index is 750. The minimum Gasteiger partial charge on any atom is -0.344 e. The van der Waals surface area contributed by atoms with Gasteiger partial charge in [-0.3, -0.25) is 14.3 Å². The highest BCUT2D eigenvalue weighted by molar-refractivity contribution is 6.39. The highest BCUT2D eigenvalue weighted by atomic mass is 16.2. The van der Waals surface area contributed by atoms with Gasteiger partial charge in [-0.15, -0.1) is 0 Å². The summed E-state index contributed by atoms with van der Waals surface area (Å²) < 4.78 is 1.53. The fraction of sp³-hybridized carbons (Fsp3) is 0.421. The summed E-state index contributed by atoms with van der Waals surface area (Å²) in [5, 5.41) is 9.62. The summed E-state index contributed by atoms with van der Waals surface area (Å²) in [6, 6.07) is 11.5. The molecule has 0 spiro atoms. The molecule has 0 saturated carbocycles. The van der Waals surface area contributed by atoms with E-state index in [4.69, 9.17) is 0 Å². The molecule has 6 nitrogen and oxygen atoms in total. The molecule has 2 rings (SSSR count). The smallest absolute Gasteiger partial charge is 0.314 e. The van der Waals surface area contributed by atoms with Crippen molar-refractivity contribution in [3.05, 3.63) is 47.7 Å². The lowest BCUT2D eigenvalue weighted by Crippen LogP contribution is -2.50. The highest BCUT2D eigenvalue weighted by Gasteiger charge is 2.32. The molecule has 0 saturated heterocycles. The van der Waals surface area contributed by atoms with Gasteiger partial charge in [-0.1, -0.05) is 51.1 Å². The van der Waals surface area contributed by atoms with Gasteiger partial charge in [0.15, 0.2) is 0 Å². The van der Waals surface area contributed by atoms with E-state index >= 15 is 0 Å². The van der Waals surface area contributed by atoms with Crippen LogP contribution in [0.1, 0.15) is 38.4 Å². The normalized spacial score (nSPS) is 12.5. The van der Waals surface area contributed by atoms with E-state index in [9.17, 15) is 9.59 Å². The fourth-order valence-electron chi connectivity index (χ4n) is 2.99. The average molecular weight is 342 g/mol. The van der Waals surface area contributed by atoms with Gasteiger partial charge in [0, 0.05) is 24.6 Å². The van der Waals surface area contributed by atoms with Crippen molar-refractivity contribution >= 4 is 17.6 Å². The van der Waals surface area contributed by atoms with Gasteiger partial charge in [0.05, 0.1) is 5.69 Å². The van der Waals surface area contributed by atoms with Crippen molar-refractivity contribution in [2.45, 2.75) is 45.6 Å². The number of nitrogens with zero attached hydrogens (tertiary/aromatic N) is 2. The van der Waals surface area contributed by atoms with Crippen LogP contribution in [0.4, 0.5) is 5.82 Å². The molecule has 2 N–H and O–H groups in total. The van der Waals surface area contributed by atoms with Gasteiger partial charge >= 0.3 is 11.8 Å². The summed E-state index contributed by atoms with van der Waals surface area (Å²) in [5.41, 5.74) is 1.59. The molecule has 0 unspecified atom stereocenters. The van der Waals surface area contributed by atoms with Crippen LogP contribution >= 0.6 is 0 Å². The first-order chi connectivity index (χ1) is 11.8. The number of carbonyl (C=O) groups is 2. The quantitative estimate of drug-likeness (QED) is 0.820. The Labute approximate surface area is 148 Å². The SMILES string of the molecule is CC[C@@H](NC(=O)C(=O)Nc1cc(C)nn1C)C(C)(C)c1ccccc1. The van der Waals surface area contributed by atoms with Crippen LogP contribution in [0.2, 0.25) is 0 Å². The Morgan fingerprint density at radius 1 is 1.20 bits per heavy atom. The van der Waals surface area contributed by atoms with Crippen LogP contribution in [0, 0.1) is 6.92 Å². The maximum Gasteiger partial charge on any atom is 0.314 e. The molecule has 1 heterocycles. The zero-order valence-electron chi connectivity index (χ0n) is 15.5. The Hall–Kier alpha value is -2.63. The second-order valence-electron chi connectivity index (χ2n) is 6.77. The van der Waals surface area contributed by atoms with Gasteiger partial charge < -0.3 is 10.6 Å². The third-order valence-electron chi connectivity index (χ3n) is 4.55. The zero-order valence-corrected chi connectivity index (χ0v) is 15.5. The van der Waals surface area contributed by atoms with Crippen LogP contribution in [0.3, 0.4) is 0 Å². The van der Waals surface area contributed by atoms with Gasteiger partial charge in [-0.2, -0.15) is 5.10 Å². The minimum absolute atomic E-state index is 0.165. The number of aromatic nitrogens is 2. The molecule has 134 valence electrons. The van der Waals surface area contributed by atoms with Crippen molar-refractivity contribution in [1.29, 1.82) is 0 Å². The third-order valence-corrected chi connectivity index (χ3v) is 4.55. The topological polar surface area (TPSA) is 76.0 Å². The molecular formula is C19H26N4O2. The largest absolute Gasteiger partial charge is 0.344 e. The first kappa shape index (κ1) is 18.7. The molecular weight excluding hydrogens is 316 g/mol. The van der Waals surface area contributed by atoms with Gasteiger partial charge in [0.25, 0.3) is 0 Å². The molecule has 0 aliphatic heterocycles. The molecule has 25 heavy (non-hydrogen) atoms. The molecule has 1 aromatic heterocycles. The average Bonchev–Trinajstić information content (AvgIpc) is 2.90. The summed E-state index contributed by atoms with van der Waals surface area (Å²) in [4.78, 5) is 24.6. The number of benzene rings is 1. The number of carbonyl (C=O) groups excluding carboxylic acids is 2. The highest BCUT2D eigenvalue weighted by Crippen LogP contribution is 2.28. The summed E-state index contributed by atoms with van der Waals surface area (Å²) in [6.45, 7) is 7.96. The summed E-state index contributed by atoms with van der Waals surface area (Å²) in [5.74, 6) is -0.840. The lowest BCUT2D eigenvalue weighted by molar-refractivity contribution is -0.136. The lowest BCUT2D eigenvalue weighted by Gasteiger charge is -2.34. The Morgan fingerprint density at radius 2 is 1.84 bits per heavy atom. The number of hydrogen-bond donors (Lipinski definition) is 2. The van der Waals surface area contributed by atoms with Crippen molar-refractivity contribution in [2.24, 2.45) is 7.05 Å². The van der Waals surface area contributed by atoms with Gasteiger partial charge in [0.2, 0.25) is 0 Å². The number of aryl methyl sites for hydroxylation is 2. The van der Waals surface area contributed by atoms with Crippen LogP contribution in [0.5, 0.6) is 0 Å². The van der Waals surface area contributed by atoms with Crippen molar-refractivity contribution in [2.75, 3.05) is 5.32 Å². The molecule has 0 bridgehead atoms. The monoisotopic (exact) mass is 342 g/mol. The predicted octanol–water partition coefficient (Wildman–Crippen LogP) is 2.54. The van der Waals surface area contributed by atoms with E-state index in [1.807, 2.05) is 44.2 Å². The first-order valence-electron chi connectivity index (χ1n) is 8.43. The Balaban J connectivity index is 2.08. The second kappa shape index (κ2) is 7.51. The molecule has 0 aliphatic carbocycles. The standard InChI is InChI=1S/C19H26N4O2/c1-6-15(19(3,4)14-10-8-7-9-11-14)20-17(24)18(25)21-16-12-13(2)22-23(16)5/h7-12,15H,6H2,1-5H3,(H,20,24)(H,21,25)/t15-/m1/s1. The molecule has 1 atom stereocenters. The molecule has 0 aliphatic rings. The maximum absolute atomic E-state index is 12.4. The van der Waals surface area contributed by atoms with Crippen LogP contribution in [-0.4, -0.2) is 27.6 Å². The Morgan fingerprint density at radius 3 is 2.36 bits per heavy atom. The van der Waals surface area contributed by atoms with E-state index in [0.29, 0.717) is 12.2 Å². The lowest BCUT2D eigenvalue weighted by atomic mass is 9.76. The van der Waals surface area contributed by atoms with E-state index in [1.165, 1.54) is 4.68 Å². The Kier molecular flexibility index (Phi) is 5.62. The van der Waals surface area contributed by atoms with Crippen molar-refractivity contribution in [3.8, 4) is 0 Å². The molecule has 2 amide bonds. The summed E-state index contributed by atoms with van der Waals surface area (Å²) >= 11 is 0. The molecule has 6 heteroatoms. The number of amides is 2. The number of hydrogen-bond acceptors (Lipinski definition) is 3. The molecule has 0 fully saturated rings. The van der Waals surface area contributed by atoms with Crippen LogP contribution in [0.25, 0.3) is 0 Å². The zero-order chi connectivity index (χ0) is 18.6. The van der Waals surface area contributed by atoms with Crippen molar-refractivity contribution in [3.63, 3.8) is 0 Å². The van der Waals surface area contributed by atoms with Crippen LogP contribution in [0.15, 0.2) is 36.4 Å². The number of nitrogens with one attached hydrogen (secondary N) is 2. The van der Waals surface area contributed by atoms with E-state index < -0.39 is 11.8 Å². The van der Waals surface area contributed by atoms with E-state index in [1.54, 1.807) is 13.1 Å². The predicted molar refractivity (Wildman–Crippen MR) is 98.3 cm³/mol. The molecule has 2 aromatic rings.